The summed E-state index contributed by atoms with van der Waals surface area (Å²) in [7, 11) is -1.73. The average Bonchev–Trinajstić information content (AvgIpc) is 1.85. The number of phenols is 1. The number of nitrogen functional groups attached to an aromatic ring is 1. The second kappa shape index (κ2) is 2.81. The Hall–Kier alpha value is -1.20. The van der Waals surface area contributed by atoms with Crippen molar-refractivity contribution in [1.29, 1.82) is 0 Å². The Morgan fingerprint density at radius 3 is 2.27 bits per heavy atom. The molecule has 0 amide bonds. The van der Waals surface area contributed by atoms with E-state index in [1.807, 2.05) is 0 Å². The lowest BCUT2D eigenvalue weighted by molar-refractivity contribution is 0.420. The van der Waals surface area contributed by atoms with E-state index in [0.717, 1.165) is 0 Å². The van der Waals surface area contributed by atoms with E-state index in [0.29, 0.717) is 0 Å². The minimum absolute atomic E-state index is 0.0486. The third kappa shape index (κ3) is 1.44. The molecule has 0 fully saturated rings. The van der Waals surface area contributed by atoms with E-state index in [2.05, 4.69) is 0 Å². The third-order valence-electron chi connectivity index (χ3n) is 1.38. The maximum Gasteiger partial charge on any atom is 0.494 e. The first-order chi connectivity index (χ1) is 5.13. The first-order valence-electron chi connectivity index (χ1n) is 3.06. The molecule has 0 saturated heterocycles. The van der Waals surface area contributed by atoms with Gasteiger partial charge in [0.05, 0.1) is 0 Å². The van der Waals surface area contributed by atoms with Crippen molar-refractivity contribution < 1.29 is 15.2 Å². The highest BCUT2D eigenvalue weighted by Gasteiger charge is 2.18. The molecule has 5 N–H and O–H groups in total. The molecule has 1 aromatic carbocycles. The largest absolute Gasteiger partial charge is 0.508 e. The van der Waals surface area contributed by atoms with Crippen LogP contribution >= 0.6 is 0 Å². The van der Waals surface area contributed by atoms with Crippen LogP contribution in [-0.2, 0) is 0 Å². The van der Waals surface area contributed by atoms with Crippen LogP contribution in [0.3, 0.4) is 0 Å². The molecule has 0 aliphatic rings. The normalized spacial score (nSPS) is 9.64. The first kappa shape index (κ1) is 7.91. The first-order valence-corrected chi connectivity index (χ1v) is 3.06. The Morgan fingerprint density at radius 2 is 1.91 bits per heavy atom. The quantitative estimate of drug-likeness (QED) is 0.297. The zero-order valence-electron chi connectivity index (χ0n) is 5.73. The summed E-state index contributed by atoms with van der Waals surface area (Å²) in [6.45, 7) is 0. The van der Waals surface area contributed by atoms with Crippen molar-refractivity contribution >= 4 is 18.3 Å². The van der Waals surface area contributed by atoms with E-state index < -0.39 is 7.12 Å². The van der Waals surface area contributed by atoms with Crippen molar-refractivity contribution in [2.75, 3.05) is 5.73 Å². The van der Waals surface area contributed by atoms with Crippen molar-refractivity contribution in [1.82, 2.24) is 0 Å². The topological polar surface area (TPSA) is 86.7 Å². The van der Waals surface area contributed by atoms with E-state index in [4.69, 9.17) is 20.9 Å². The van der Waals surface area contributed by atoms with Crippen LogP contribution in [0.5, 0.6) is 5.75 Å². The molecule has 0 spiro atoms. The molecule has 0 aliphatic heterocycles. The minimum atomic E-state index is -1.73. The Morgan fingerprint density at radius 1 is 1.27 bits per heavy atom. The highest BCUT2D eigenvalue weighted by atomic mass is 16.4. The van der Waals surface area contributed by atoms with Crippen LogP contribution in [0.1, 0.15) is 0 Å². The molecule has 0 radical (unpaired) electrons. The van der Waals surface area contributed by atoms with E-state index in [9.17, 15) is 0 Å². The summed E-state index contributed by atoms with van der Waals surface area (Å²) in [5.41, 5.74) is 5.46. The number of anilines is 1. The molecule has 4 nitrogen and oxygen atoms in total. The van der Waals surface area contributed by atoms with Gasteiger partial charge in [-0.3, -0.25) is 0 Å². The Bertz CT molecular complexity index is 244. The Labute approximate surface area is 64.0 Å². The molecule has 11 heavy (non-hydrogen) atoms. The molecule has 0 aliphatic carbocycles. The van der Waals surface area contributed by atoms with Crippen molar-refractivity contribution in [3.05, 3.63) is 18.2 Å². The summed E-state index contributed by atoms with van der Waals surface area (Å²) >= 11 is 0. The van der Waals surface area contributed by atoms with E-state index >= 15 is 0 Å². The van der Waals surface area contributed by atoms with Gasteiger partial charge in [0.2, 0.25) is 0 Å². The van der Waals surface area contributed by atoms with Gasteiger partial charge in [0.25, 0.3) is 0 Å². The molecule has 0 heterocycles. The van der Waals surface area contributed by atoms with Gasteiger partial charge < -0.3 is 20.9 Å². The number of hydrogen-bond acceptors (Lipinski definition) is 4. The van der Waals surface area contributed by atoms with Crippen molar-refractivity contribution in [3.8, 4) is 5.75 Å². The lowest BCUT2D eigenvalue weighted by Gasteiger charge is -2.05. The number of hydrogen-bond donors (Lipinski definition) is 4. The number of rotatable bonds is 1. The van der Waals surface area contributed by atoms with Crippen LogP contribution < -0.4 is 11.2 Å². The Balaban J connectivity index is 3.21. The zero-order valence-corrected chi connectivity index (χ0v) is 5.73. The van der Waals surface area contributed by atoms with Crippen LogP contribution in [0.15, 0.2) is 18.2 Å². The van der Waals surface area contributed by atoms with Gasteiger partial charge in [-0.2, -0.15) is 0 Å². The van der Waals surface area contributed by atoms with Crippen LogP contribution in [0, 0.1) is 0 Å². The standard InChI is InChI=1S/C6H8BNO3/c8-4-2-1-3-5(9)6(4)7(10)11/h1-3,9-11H,8H2. The molecular weight excluding hydrogens is 145 g/mol. The van der Waals surface area contributed by atoms with Crippen molar-refractivity contribution in [2.45, 2.75) is 0 Å². The van der Waals surface area contributed by atoms with Gasteiger partial charge in [-0.15, -0.1) is 0 Å². The predicted molar refractivity (Wildman–Crippen MR) is 42.3 cm³/mol. The van der Waals surface area contributed by atoms with Crippen LogP contribution in [0.2, 0.25) is 0 Å². The van der Waals surface area contributed by atoms with Gasteiger partial charge in [-0.05, 0) is 12.1 Å². The molecule has 1 aromatic rings. The predicted octanol–water partition coefficient (Wildman–Crippen LogP) is -1.35. The van der Waals surface area contributed by atoms with Gasteiger partial charge >= 0.3 is 7.12 Å². The monoisotopic (exact) mass is 153 g/mol. The molecule has 0 atom stereocenters. The molecule has 0 bridgehead atoms. The fourth-order valence-electron chi connectivity index (χ4n) is 0.852. The number of phenolic OH excluding ortho intramolecular Hbond substituents is 1. The number of aromatic hydroxyl groups is 1. The Kier molecular flexibility index (Phi) is 2.02. The number of benzene rings is 1. The van der Waals surface area contributed by atoms with E-state index in [-0.39, 0.29) is 16.9 Å². The van der Waals surface area contributed by atoms with Gasteiger partial charge in [0, 0.05) is 11.2 Å². The maximum atomic E-state index is 9.06. The molecule has 0 unspecified atom stereocenters. The van der Waals surface area contributed by atoms with Crippen molar-refractivity contribution in [3.63, 3.8) is 0 Å². The fourth-order valence-corrected chi connectivity index (χ4v) is 0.852. The van der Waals surface area contributed by atoms with Crippen molar-refractivity contribution in [2.24, 2.45) is 0 Å². The maximum absolute atomic E-state index is 9.06. The molecule has 5 heteroatoms. The fraction of sp³-hybridized carbons (Fsp3) is 0. The average molecular weight is 153 g/mol. The van der Waals surface area contributed by atoms with Crippen LogP contribution in [-0.4, -0.2) is 22.3 Å². The molecular formula is C6H8BNO3. The zero-order chi connectivity index (χ0) is 8.43. The lowest BCUT2D eigenvalue weighted by atomic mass is 9.78. The summed E-state index contributed by atoms with van der Waals surface area (Å²) in [6.07, 6.45) is 0. The third-order valence-corrected chi connectivity index (χ3v) is 1.38. The summed E-state index contributed by atoms with van der Waals surface area (Å²) in [5, 5.41) is 26.5. The second-order valence-corrected chi connectivity index (χ2v) is 2.15. The molecule has 0 aromatic heterocycles. The highest BCUT2D eigenvalue weighted by Crippen LogP contribution is 2.09. The van der Waals surface area contributed by atoms with Gasteiger partial charge in [-0.25, -0.2) is 0 Å². The van der Waals surface area contributed by atoms with Gasteiger partial charge in [0.15, 0.2) is 0 Å². The summed E-state index contributed by atoms with van der Waals surface area (Å²) < 4.78 is 0. The van der Waals surface area contributed by atoms with E-state index in [1.54, 1.807) is 0 Å². The number of nitrogens with two attached hydrogens (primary N) is 1. The van der Waals surface area contributed by atoms with Crippen LogP contribution in [0.4, 0.5) is 5.69 Å². The molecule has 0 saturated carbocycles. The SMILES string of the molecule is Nc1cccc(O)c1B(O)O. The summed E-state index contributed by atoms with van der Waals surface area (Å²) in [5.74, 6) is -0.208. The van der Waals surface area contributed by atoms with Gasteiger partial charge in [-0.1, -0.05) is 6.07 Å². The van der Waals surface area contributed by atoms with Crippen LogP contribution in [0.25, 0.3) is 0 Å². The second-order valence-electron chi connectivity index (χ2n) is 2.15. The molecule has 58 valence electrons. The summed E-state index contributed by atoms with van der Waals surface area (Å²) in [6, 6.07) is 4.34. The molecule has 1 rings (SSSR count). The summed E-state index contributed by atoms with van der Waals surface area (Å²) in [4.78, 5) is 0. The highest BCUT2D eigenvalue weighted by molar-refractivity contribution is 6.61. The van der Waals surface area contributed by atoms with E-state index in [1.165, 1.54) is 18.2 Å². The smallest absolute Gasteiger partial charge is 0.494 e. The lowest BCUT2D eigenvalue weighted by Crippen LogP contribution is -2.32. The minimum Gasteiger partial charge on any atom is -0.508 e. The van der Waals surface area contributed by atoms with Gasteiger partial charge in [0.1, 0.15) is 5.75 Å².